The first-order chi connectivity index (χ1) is 9.64. The van der Waals surface area contributed by atoms with Crippen LogP contribution in [0.15, 0.2) is 12.1 Å². The molecule has 0 spiro atoms. The molecule has 1 aromatic carbocycles. The molecular weight excluding hydrogens is 256 g/mol. The molecule has 5 heteroatoms. The number of methoxy groups -OCH3 is 3. The van der Waals surface area contributed by atoms with Crippen molar-refractivity contribution in [2.45, 2.75) is 12.5 Å². The summed E-state index contributed by atoms with van der Waals surface area (Å²) in [6.45, 7) is 1.72. The topological polar surface area (TPSA) is 57.0 Å². The van der Waals surface area contributed by atoms with Gasteiger partial charge in [0.25, 0.3) is 0 Å². The number of rotatable bonds is 5. The van der Waals surface area contributed by atoms with Crippen molar-refractivity contribution in [1.29, 1.82) is 0 Å². The molecule has 20 heavy (non-hydrogen) atoms. The SMILES string of the molecule is COc1cc(OC)c(OC)c(C2CC(CN)CN2C)c1. The molecule has 2 rings (SSSR count). The van der Waals surface area contributed by atoms with Crippen LogP contribution in [0.1, 0.15) is 18.0 Å². The smallest absolute Gasteiger partial charge is 0.165 e. The van der Waals surface area contributed by atoms with Crippen LogP contribution in [0.25, 0.3) is 0 Å². The number of hydrogen-bond donors (Lipinski definition) is 1. The van der Waals surface area contributed by atoms with E-state index >= 15 is 0 Å². The van der Waals surface area contributed by atoms with Gasteiger partial charge in [0.2, 0.25) is 0 Å². The van der Waals surface area contributed by atoms with E-state index in [1.807, 2.05) is 12.1 Å². The summed E-state index contributed by atoms with van der Waals surface area (Å²) in [5.74, 6) is 2.78. The van der Waals surface area contributed by atoms with Gasteiger partial charge in [0.05, 0.1) is 21.3 Å². The number of benzene rings is 1. The summed E-state index contributed by atoms with van der Waals surface area (Å²) < 4.78 is 16.3. The molecule has 1 heterocycles. The van der Waals surface area contributed by atoms with Gasteiger partial charge in [-0.15, -0.1) is 0 Å². The van der Waals surface area contributed by atoms with E-state index in [9.17, 15) is 0 Å². The Balaban J connectivity index is 2.43. The Kier molecular flexibility index (Phi) is 4.73. The first-order valence-corrected chi connectivity index (χ1v) is 6.84. The van der Waals surface area contributed by atoms with Gasteiger partial charge < -0.3 is 19.9 Å². The zero-order valence-electron chi connectivity index (χ0n) is 12.7. The van der Waals surface area contributed by atoms with Gasteiger partial charge in [-0.25, -0.2) is 0 Å². The van der Waals surface area contributed by atoms with Crippen molar-refractivity contribution in [1.82, 2.24) is 4.90 Å². The van der Waals surface area contributed by atoms with Gasteiger partial charge in [-0.2, -0.15) is 0 Å². The van der Waals surface area contributed by atoms with Crippen molar-refractivity contribution in [2.75, 3.05) is 41.5 Å². The molecule has 0 aliphatic carbocycles. The maximum atomic E-state index is 5.81. The molecule has 2 N–H and O–H groups in total. The molecule has 112 valence electrons. The highest BCUT2D eigenvalue weighted by atomic mass is 16.5. The van der Waals surface area contributed by atoms with Crippen LogP contribution in [-0.2, 0) is 0 Å². The lowest BCUT2D eigenvalue weighted by Crippen LogP contribution is -2.21. The van der Waals surface area contributed by atoms with Crippen molar-refractivity contribution in [3.63, 3.8) is 0 Å². The molecule has 5 nitrogen and oxygen atoms in total. The predicted octanol–water partition coefficient (Wildman–Crippen LogP) is 1.66. The minimum Gasteiger partial charge on any atom is -0.497 e. The molecule has 2 atom stereocenters. The van der Waals surface area contributed by atoms with E-state index in [4.69, 9.17) is 19.9 Å². The van der Waals surface area contributed by atoms with E-state index in [0.717, 1.165) is 30.0 Å². The average molecular weight is 280 g/mol. The summed E-state index contributed by atoms with van der Waals surface area (Å²) in [7, 11) is 7.09. The molecular formula is C15H24N2O3. The highest BCUT2D eigenvalue weighted by molar-refractivity contribution is 5.53. The normalized spacial score (nSPS) is 22.9. The number of hydrogen-bond acceptors (Lipinski definition) is 5. The van der Waals surface area contributed by atoms with Crippen LogP contribution in [0.4, 0.5) is 0 Å². The van der Waals surface area contributed by atoms with Crippen LogP contribution in [-0.4, -0.2) is 46.4 Å². The zero-order chi connectivity index (χ0) is 14.7. The second-order valence-corrected chi connectivity index (χ2v) is 5.24. The van der Waals surface area contributed by atoms with E-state index in [-0.39, 0.29) is 6.04 Å². The lowest BCUT2D eigenvalue weighted by atomic mass is 9.98. The van der Waals surface area contributed by atoms with Gasteiger partial charge in [0, 0.05) is 24.2 Å². The quantitative estimate of drug-likeness (QED) is 0.889. The second kappa shape index (κ2) is 6.33. The number of nitrogens with two attached hydrogens (primary N) is 1. The van der Waals surface area contributed by atoms with Gasteiger partial charge in [-0.05, 0) is 32.0 Å². The van der Waals surface area contributed by atoms with E-state index in [0.29, 0.717) is 18.2 Å². The number of likely N-dealkylation sites (tertiary alicyclic amines) is 1. The highest BCUT2D eigenvalue weighted by Gasteiger charge is 2.33. The molecule has 0 radical (unpaired) electrons. The Labute approximate surface area is 120 Å². The first kappa shape index (κ1) is 14.9. The molecule has 1 fully saturated rings. The largest absolute Gasteiger partial charge is 0.497 e. The minimum atomic E-state index is 0.280. The summed E-state index contributed by atoms with van der Waals surface area (Å²) in [5, 5.41) is 0. The number of ether oxygens (including phenoxy) is 3. The molecule has 1 aromatic rings. The third kappa shape index (κ3) is 2.69. The van der Waals surface area contributed by atoms with Gasteiger partial charge in [-0.1, -0.05) is 0 Å². The Hall–Kier alpha value is -1.46. The lowest BCUT2D eigenvalue weighted by Gasteiger charge is -2.23. The molecule has 0 saturated carbocycles. The predicted molar refractivity (Wildman–Crippen MR) is 78.6 cm³/mol. The summed E-state index contributed by atoms with van der Waals surface area (Å²) >= 11 is 0. The van der Waals surface area contributed by atoms with E-state index < -0.39 is 0 Å². The van der Waals surface area contributed by atoms with E-state index in [1.165, 1.54) is 0 Å². The average Bonchev–Trinajstić information content (AvgIpc) is 2.86. The summed E-state index contributed by atoms with van der Waals surface area (Å²) in [5.41, 5.74) is 6.91. The fraction of sp³-hybridized carbons (Fsp3) is 0.600. The van der Waals surface area contributed by atoms with Crippen molar-refractivity contribution < 1.29 is 14.2 Å². The monoisotopic (exact) mass is 280 g/mol. The van der Waals surface area contributed by atoms with E-state index in [2.05, 4.69) is 11.9 Å². The van der Waals surface area contributed by atoms with Crippen molar-refractivity contribution in [2.24, 2.45) is 11.7 Å². The fourth-order valence-electron chi connectivity index (χ4n) is 2.97. The minimum absolute atomic E-state index is 0.280. The Morgan fingerprint density at radius 2 is 1.95 bits per heavy atom. The zero-order valence-corrected chi connectivity index (χ0v) is 12.7. The van der Waals surface area contributed by atoms with Crippen LogP contribution in [0.3, 0.4) is 0 Å². The van der Waals surface area contributed by atoms with Gasteiger partial charge in [-0.3, -0.25) is 4.90 Å². The molecule has 1 aliphatic heterocycles. The van der Waals surface area contributed by atoms with Crippen LogP contribution in [0.2, 0.25) is 0 Å². The third-order valence-corrected chi connectivity index (χ3v) is 4.04. The molecule has 0 amide bonds. The van der Waals surface area contributed by atoms with Gasteiger partial charge >= 0.3 is 0 Å². The summed E-state index contributed by atoms with van der Waals surface area (Å²) in [6.07, 6.45) is 1.03. The van der Waals surface area contributed by atoms with Crippen LogP contribution >= 0.6 is 0 Å². The van der Waals surface area contributed by atoms with Crippen LogP contribution in [0.5, 0.6) is 17.2 Å². The van der Waals surface area contributed by atoms with Crippen LogP contribution in [0, 0.1) is 5.92 Å². The molecule has 2 unspecified atom stereocenters. The molecule has 0 bridgehead atoms. The highest BCUT2D eigenvalue weighted by Crippen LogP contribution is 2.44. The maximum Gasteiger partial charge on any atom is 0.165 e. The second-order valence-electron chi connectivity index (χ2n) is 5.24. The Bertz CT molecular complexity index is 465. The molecule has 1 saturated heterocycles. The third-order valence-electron chi connectivity index (χ3n) is 4.04. The summed E-state index contributed by atoms with van der Waals surface area (Å²) in [4.78, 5) is 2.31. The maximum absolute atomic E-state index is 5.81. The Morgan fingerprint density at radius 1 is 1.20 bits per heavy atom. The van der Waals surface area contributed by atoms with Crippen molar-refractivity contribution in [3.05, 3.63) is 17.7 Å². The molecule has 0 aromatic heterocycles. The van der Waals surface area contributed by atoms with Crippen LogP contribution < -0.4 is 19.9 Å². The fourth-order valence-corrected chi connectivity index (χ4v) is 2.97. The first-order valence-electron chi connectivity index (χ1n) is 6.84. The Morgan fingerprint density at radius 3 is 2.45 bits per heavy atom. The molecule has 1 aliphatic rings. The van der Waals surface area contributed by atoms with E-state index in [1.54, 1.807) is 21.3 Å². The standard InChI is InChI=1S/C15H24N2O3/c1-17-9-10(8-16)5-13(17)12-6-11(18-2)7-14(19-3)15(12)20-4/h6-7,10,13H,5,8-9,16H2,1-4H3. The summed E-state index contributed by atoms with van der Waals surface area (Å²) in [6, 6.07) is 4.15. The lowest BCUT2D eigenvalue weighted by molar-refractivity contribution is 0.293. The van der Waals surface area contributed by atoms with Gasteiger partial charge in [0.15, 0.2) is 11.5 Å². The number of nitrogens with zero attached hydrogens (tertiary/aromatic N) is 1. The van der Waals surface area contributed by atoms with Gasteiger partial charge in [0.1, 0.15) is 5.75 Å². The van der Waals surface area contributed by atoms with Crippen molar-refractivity contribution >= 4 is 0 Å². The van der Waals surface area contributed by atoms with Crippen molar-refractivity contribution in [3.8, 4) is 17.2 Å².